The van der Waals surface area contributed by atoms with E-state index in [2.05, 4.69) is 14.9 Å². The number of esters is 2. The van der Waals surface area contributed by atoms with Crippen molar-refractivity contribution in [1.82, 2.24) is 24.4 Å². The van der Waals surface area contributed by atoms with Gasteiger partial charge in [-0.05, 0) is 36.2 Å². The molecule has 10 nitrogen and oxygen atoms in total. The molecule has 5 heterocycles. The average Bonchev–Trinajstić information content (AvgIpc) is 3.51. The van der Waals surface area contributed by atoms with Gasteiger partial charge in [0.05, 0.1) is 41.1 Å². The van der Waals surface area contributed by atoms with Crippen LogP contribution in [0.3, 0.4) is 0 Å². The van der Waals surface area contributed by atoms with Gasteiger partial charge in [0.25, 0.3) is 0 Å². The van der Waals surface area contributed by atoms with Crippen molar-refractivity contribution in [2.45, 2.75) is 32.6 Å². The molecule has 0 saturated heterocycles. The predicted octanol–water partition coefficient (Wildman–Crippen LogP) is 2.67. The number of nitrogens with zero attached hydrogens (tertiary/aromatic N) is 5. The zero-order valence-corrected chi connectivity index (χ0v) is 20.5. The first kappa shape index (κ1) is 23.3. The normalized spacial score (nSPS) is 15.8. The molecule has 3 aromatic heterocycles. The molecule has 0 radical (unpaired) electrons. The number of benzene rings is 1. The van der Waals surface area contributed by atoms with Crippen LogP contribution in [0.4, 0.5) is 0 Å². The maximum Gasteiger partial charge on any atom is 0.339 e. The highest BCUT2D eigenvalue weighted by molar-refractivity contribution is 5.94. The fourth-order valence-corrected chi connectivity index (χ4v) is 5.12. The first-order valence-corrected chi connectivity index (χ1v) is 12.0. The van der Waals surface area contributed by atoms with Crippen LogP contribution in [-0.4, -0.2) is 61.7 Å². The van der Waals surface area contributed by atoms with E-state index in [1.165, 1.54) is 13.3 Å². The third-order valence-electron chi connectivity index (χ3n) is 7.17. The highest BCUT2D eigenvalue weighted by Gasteiger charge is 2.27. The van der Waals surface area contributed by atoms with Crippen LogP contribution in [0.15, 0.2) is 42.9 Å². The zero-order valence-electron chi connectivity index (χ0n) is 20.5. The van der Waals surface area contributed by atoms with Gasteiger partial charge in [0.1, 0.15) is 6.61 Å². The second kappa shape index (κ2) is 9.06. The zero-order chi connectivity index (χ0) is 25.7. The third-order valence-corrected chi connectivity index (χ3v) is 7.17. The van der Waals surface area contributed by atoms with Crippen molar-refractivity contribution in [2.24, 2.45) is 0 Å². The standard InChI is InChI=1S/C27H25N5O5/c1-15-18(3-4-19-20(15)14-37-26(19)35)24(33)13-31-7-5-21-17(12-31)11-29-27(30-21)32-8-6-22-23(32)9-16(10-28-22)25(34)36-2/h3-4,6,8-11,24,33H,5,7,12-14H2,1-2H3. The number of carbonyl (C=O) groups is 2. The lowest BCUT2D eigenvalue weighted by molar-refractivity contribution is 0.0533. The molecule has 1 atom stereocenters. The molecule has 188 valence electrons. The van der Waals surface area contributed by atoms with Crippen LogP contribution in [0.1, 0.15) is 54.8 Å². The summed E-state index contributed by atoms with van der Waals surface area (Å²) in [6, 6.07) is 7.14. The number of rotatable bonds is 5. The van der Waals surface area contributed by atoms with Crippen molar-refractivity contribution in [3.63, 3.8) is 0 Å². The maximum absolute atomic E-state index is 12.0. The minimum absolute atomic E-state index is 0.258. The Hall–Kier alpha value is -4.15. The van der Waals surface area contributed by atoms with Gasteiger partial charge in [-0.2, -0.15) is 0 Å². The van der Waals surface area contributed by atoms with Crippen LogP contribution in [-0.2, 0) is 29.0 Å². The topological polar surface area (TPSA) is 120 Å². The van der Waals surface area contributed by atoms with Crippen LogP contribution in [0.2, 0.25) is 0 Å². The van der Waals surface area contributed by atoms with Crippen molar-refractivity contribution in [3.05, 3.63) is 81.9 Å². The number of aliphatic hydroxyl groups is 1. The summed E-state index contributed by atoms with van der Waals surface area (Å²) >= 11 is 0. The number of aliphatic hydroxyl groups excluding tert-OH is 1. The molecule has 6 rings (SSSR count). The molecule has 2 aliphatic rings. The van der Waals surface area contributed by atoms with Crippen LogP contribution in [0.25, 0.3) is 17.0 Å². The van der Waals surface area contributed by atoms with E-state index >= 15 is 0 Å². The van der Waals surface area contributed by atoms with Gasteiger partial charge in [0, 0.05) is 55.8 Å². The number of carbonyl (C=O) groups excluding carboxylic acids is 2. The fraction of sp³-hybridized carbons (Fsp3) is 0.296. The molecule has 0 saturated carbocycles. The lowest BCUT2D eigenvalue weighted by atomic mass is 9.95. The van der Waals surface area contributed by atoms with E-state index in [-0.39, 0.29) is 12.6 Å². The molecule has 0 aliphatic carbocycles. The summed E-state index contributed by atoms with van der Waals surface area (Å²) in [6.07, 6.45) is 5.18. The summed E-state index contributed by atoms with van der Waals surface area (Å²) in [5.74, 6) is -0.247. The molecule has 2 aliphatic heterocycles. The molecule has 4 aromatic rings. The van der Waals surface area contributed by atoms with Crippen LogP contribution >= 0.6 is 0 Å². The smallest absolute Gasteiger partial charge is 0.339 e. The predicted molar refractivity (Wildman–Crippen MR) is 132 cm³/mol. The van der Waals surface area contributed by atoms with Crippen LogP contribution in [0, 0.1) is 6.92 Å². The largest absolute Gasteiger partial charge is 0.465 e. The second-order valence-electron chi connectivity index (χ2n) is 9.33. The van der Waals surface area contributed by atoms with E-state index in [1.807, 2.05) is 36.0 Å². The van der Waals surface area contributed by atoms with E-state index in [1.54, 1.807) is 12.1 Å². The molecular weight excluding hydrogens is 474 g/mol. The number of aromatic nitrogens is 4. The Morgan fingerprint density at radius 1 is 1.24 bits per heavy atom. The molecule has 1 N–H and O–H groups in total. The lowest BCUT2D eigenvalue weighted by Gasteiger charge is -2.30. The van der Waals surface area contributed by atoms with Crippen molar-refractivity contribution in [1.29, 1.82) is 0 Å². The lowest BCUT2D eigenvalue weighted by Crippen LogP contribution is -2.35. The van der Waals surface area contributed by atoms with E-state index in [0.717, 1.165) is 45.5 Å². The average molecular weight is 500 g/mol. The molecule has 37 heavy (non-hydrogen) atoms. The molecular formula is C27H25N5O5. The third kappa shape index (κ3) is 4.04. The van der Waals surface area contributed by atoms with Crippen molar-refractivity contribution in [2.75, 3.05) is 20.2 Å². The summed E-state index contributed by atoms with van der Waals surface area (Å²) in [7, 11) is 1.34. The van der Waals surface area contributed by atoms with Crippen LogP contribution in [0.5, 0.6) is 0 Å². The highest BCUT2D eigenvalue weighted by atomic mass is 16.5. The monoisotopic (exact) mass is 499 g/mol. The van der Waals surface area contributed by atoms with Gasteiger partial charge >= 0.3 is 11.9 Å². The Morgan fingerprint density at radius 2 is 2.11 bits per heavy atom. The molecule has 0 bridgehead atoms. The van der Waals surface area contributed by atoms with Crippen molar-refractivity contribution < 1.29 is 24.2 Å². The summed E-state index contributed by atoms with van der Waals surface area (Å²) in [5, 5.41) is 11.0. The summed E-state index contributed by atoms with van der Waals surface area (Å²) in [5.41, 5.74) is 6.95. The number of hydrogen-bond donors (Lipinski definition) is 1. The first-order valence-electron chi connectivity index (χ1n) is 12.0. The Balaban J connectivity index is 1.20. The van der Waals surface area contributed by atoms with Gasteiger partial charge in [-0.1, -0.05) is 6.07 Å². The van der Waals surface area contributed by atoms with E-state index in [0.29, 0.717) is 36.6 Å². The summed E-state index contributed by atoms with van der Waals surface area (Å²) < 4.78 is 11.8. The SMILES string of the molecule is COC(=O)c1cnc2ccn(-c3ncc4c(n3)CCN(CC(O)c3ccc5c(c3C)COC5=O)C4)c2c1. The number of fused-ring (bicyclic) bond motifs is 3. The van der Waals surface area contributed by atoms with E-state index in [4.69, 9.17) is 14.5 Å². The van der Waals surface area contributed by atoms with Gasteiger partial charge in [0.2, 0.25) is 5.95 Å². The molecule has 0 amide bonds. The van der Waals surface area contributed by atoms with Gasteiger partial charge in [-0.3, -0.25) is 14.5 Å². The molecule has 1 unspecified atom stereocenters. The Morgan fingerprint density at radius 3 is 2.95 bits per heavy atom. The fourth-order valence-electron chi connectivity index (χ4n) is 5.12. The van der Waals surface area contributed by atoms with Crippen molar-refractivity contribution in [3.8, 4) is 5.95 Å². The van der Waals surface area contributed by atoms with Gasteiger partial charge in [-0.15, -0.1) is 0 Å². The summed E-state index contributed by atoms with van der Waals surface area (Å²) in [4.78, 5) is 39.7. The van der Waals surface area contributed by atoms with Crippen molar-refractivity contribution >= 4 is 23.0 Å². The Bertz CT molecular complexity index is 1560. The number of hydrogen-bond acceptors (Lipinski definition) is 9. The summed E-state index contributed by atoms with van der Waals surface area (Å²) in [6.45, 7) is 4.01. The van der Waals surface area contributed by atoms with Crippen LogP contribution < -0.4 is 0 Å². The molecule has 0 fully saturated rings. The number of ether oxygens (including phenoxy) is 2. The highest BCUT2D eigenvalue weighted by Crippen LogP contribution is 2.30. The molecule has 1 aromatic carbocycles. The number of cyclic esters (lactones) is 1. The first-order chi connectivity index (χ1) is 17.9. The van der Waals surface area contributed by atoms with Gasteiger partial charge < -0.3 is 14.6 Å². The van der Waals surface area contributed by atoms with Gasteiger partial charge in [0.15, 0.2) is 0 Å². The maximum atomic E-state index is 12.0. The van der Waals surface area contributed by atoms with Gasteiger partial charge in [-0.25, -0.2) is 19.6 Å². The van der Waals surface area contributed by atoms with E-state index < -0.39 is 12.1 Å². The molecule has 0 spiro atoms. The number of β-amino-alcohol motifs (C(OH)–C–C–N with tert-alkyl or cyclic N) is 1. The Labute approximate surface area is 212 Å². The minimum atomic E-state index is -0.689. The van der Waals surface area contributed by atoms with E-state index in [9.17, 15) is 14.7 Å². The second-order valence-corrected chi connectivity index (χ2v) is 9.33. The Kier molecular flexibility index (Phi) is 5.69. The number of methoxy groups -OCH3 is 1. The number of pyridine rings is 1. The molecule has 10 heteroatoms. The minimum Gasteiger partial charge on any atom is -0.465 e. The quantitative estimate of drug-likeness (QED) is 0.413.